The highest BCUT2D eigenvalue weighted by Crippen LogP contribution is 2.09. The second-order valence-electron chi connectivity index (χ2n) is 5.50. The highest BCUT2D eigenvalue weighted by molar-refractivity contribution is 5.56. The number of allylic oxidation sites excluding steroid dienone is 5. The molecule has 0 aliphatic heterocycles. The molecule has 4 heteroatoms. The maximum atomic E-state index is 5.78. The van der Waals surface area contributed by atoms with Crippen molar-refractivity contribution in [1.29, 1.82) is 0 Å². The normalized spacial score (nSPS) is 14.4. The molecule has 1 aromatic rings. The number of aryl methyl sites for hydroxylation is 1. The van der Waals surface area contributed by atoms with E-state index in [1.54, 1.807) is 0 Å². The van der Waals surface area contributed by atoms with Crippen LogP contribution in [-0.4, -0.2) is 35.9 Å². The second kappa shape index (κ2) is 12.5. The van der Waals surface area contributed by atoms with Crippen molar-refractivity contribution in [3.05, 3.63) is 59.7 Å². The monoisotopic (exact) mass is 330 g/mol. The maximum absolute atomic E-state index is 5.78. The fourth-order valence-corrected chi connectivity index (χ4v) is 2.02. The summed E-state index contributed by atoms with van der Waals surface area (Å²) in [6.07, 6.45) is 17.1. The van der Waals surface area contributed by atoms with Gasteiger partial charge in [-0.05, 0) is 45.8 Å². The van der Waals surface area contributed by atoms with Crippen molar-refractivity contribution < 1.29 is 9.47 Å². The minimum Gasteiger partial charge on any atom is -0.377 e. The van der Waals surface area contributed by atoms with Crippen molar-refractivity contribution in [2.24, 2.45) is 0 Å². The van der Waals surface area contributed by atoms with Gasteiger partial charge in [-0.2, -0.15) is 0 Å². The van der Waals surface area contributed by atoms with Gasteiger partial charge in [-0.15, -0.1) is 0 Å². The standard InChI is InChI=1S/C20H30N2O2/c1-5-7-12-23-13-8-14-24-17(3)10-11-19(9-6-2)15-20-16-21-18(4)22-20/h5-7,9-11,15-17H,8,12-14H2,1-4H3,(H,21,22)/b7-5-,9-6-,11-10+,19-15+. The molecule has 4 nitrogen and oxygen atoms in total. The predicted octanol–water partition coefficient (Wildman–Crippen LogP) is 4.62. The van der Waals surface area contributed by atoms with E-state index in [4.69, 9.17) is 9.47 Å². The van der Waals surface area contributed by atoms with Crippen LogP contribution in [0.15, 0.2) is 48.2 Å². The largest absolute Gasteiger partial charge is 0.377 e. The molecule has 0 aromatic carbocycles. The molecule has 0 bridgehead atoms. The van der Waals surface area contributed by atoms with Crippen LogP contribution in [0.4, 0.5) is 0 Å². The Hall–Kier alpha value is -1.91. The van der Waals surface area contributed by atoms with Crippen LogP contribution in [0.5, 0.6) is 0 Å². The molecule has 0 aliphatic carbocycles. The number of aromatic amines is 1. The molecule has 0 radical (unpaired) electrons. The number of nitrogens with one attached hydrogen (secondary N) is 1. The van der Waals surface area contributed by atoms with Gasteiger partial charge in [0.15, 0.2) is 0 Å². The molecule has 1 unspecified atom stereocenters. The highest BCUT2D eigenvalue weighted by Gasteiger charge is 1.98. The van der Waals surface area contributed by atoms with Gasteiger partial charge < -0.3 is 14.5 Å². The van der Waals surface area contributed by atoms with E-state index in [2.05, 4.69) is 34.3 Å². The van der Waals surface area contributed by atoms with Gasteiger partial charge >= 0.3 is 0 Å². The molecular weight excluding hydrogens is 300 g/mol. The number of imidazole rings is 1. The molecule has 0 saturated heterocycles. The van der Waals surface area contributed by atoms with Gasteiger partial charge in [0.1, 0.15) is 5.82 Å². The van der Waals surface area contributed by atoms with Gasteiger partial charge in [0, 0.05) is 13.2 Å². The van der Waals surface area contributed by atoms with E-state index >= 15 is 0 Å². The molecule has 0 fully saturated rings. The van der Waals surface area contributed by atoms with Crippen LogP contribution < -0.4 is 0 Å². The Morgan fingerprint density at radius 1 is 1.25 bits per heavy atom. The van der Waals surface area contributed by atoms with Crippen molar-refractivity contribution in [3.63, 3.8) is 0 Å². The van der Waals surface area contributed by atoms with Gasteiger partial charge in [0.25, 0.3) is 0 Å². The zero-order valence-corrected chi connectivity index (χ0v) is 15.3. The lowest BCUT2D eigenvalue weighted by Gasteiger charge is -2.09. The van der Waals surface area contributed by atoms with Crippen molar-refractivity contribution in [3.8, 4) is 0 Å². The summed E-state index contributed by atoms with van der Waals surface area (Å²) in [4.78, 5) is 7.42. The molecule has 1 heterocycles. The summed E-state index contributed by atoms with van der Waals surface area (Å²) in [6, 6.07) is 0. The van der Waals surface area contributed by atoms with E-state index in [1.165, 1.54) is 0 Å². The van der Waals surface area contributed by atoms with Crippen LogP contribution in [-0.2, 0) is 9.47 Å². The molecule has 0 amide bonds. The minimum absolute atomic E-state index is 0.0673. The number of rotatable bonds is 11. The lowest BCUT2D eigenvalue weighted by Crippen LogP contribution is -2.08. The van der Waals surface area contributed by atoms with E-state index < -0.39 is 0 Å². The molecule has 1 N–H and O–H groups in total. The summed E-state index contributed by atoms with van der Waals surface area (Å²) >= 11 is 0. The van der Waals surface area contributed by atoms with Gasteiger partial charge in [-0.3, -0.25) is 0 Å². The fraction of sp³-hybridized carbons (Fsp3) is 0.450. The first-order valence-electron chi connectivity index (χ1n) is 8.50. The maximum Gasteiger partial charge on any atom is 0.103 e. The Bertz CT molecular complexity index is 568. The van der Waals surface area contributed by atoms with Crippen LogP contribution in [0.2, 0.25) is 0 Å². The summed E-state index contributed by atoms with van der Waals surface area (Å²) in [5.74, 6) is 0.915. The molecule has 0 spiro atoms. The van der Waals surface area contributed by atoms with Gasteiger partial charge in [-0.1, -0.05) is 36.5 Å². The number of aromatic nitrogens is 2. The topological polar surface area (TPSA) is 47.1 Å². The Labute approximate surface area is 146 Å². The summed E-state index contributed by atoms with van der Waals surface area (Å²) in [5, 5.41) is 0. The van der Waals surface area contributed by atoms with Crippen LogP contribution in [0.3, 0.4) is 0 Å². The second-order valence-corrected chi connectivity index (χ2v) is 5.50. The summed E-state index contributed by atoms with van der Waals surface area (Å²) < 4.78 is 11.2. The SMILES string of the molecule is C/C=C\COCCCOC(C)/C=C/C(/C=C\C)=C/c1cnc(C)[nH]1. The first-order valence-corrected chi connectivity index (χ1v) is 8.50. The van der Waals surface area contributed by atoms with Crippen molar-refractivity contribution >= 4 is 6.08 Å². The van der Waals surface area contributed by atoms with E-state index in [-0.39, 0.29) is 6.10 Å². The van der Waals surface area contributed by atoms with Crippen molar-refractivity contribution in [1.82, 2.24) is 9.97 Å². The molecule has 0 saturated carbocycles. The smallest absolute Gasteiger partial charge is 0.103 e. The number of nitrogens with zero attached hydrogens (tertiary/aromatic N) is 1. The third-order valence-electron chi connectivity index (χ3n) is 3.23. The first kappa shape index (κ1) is 20.1. The number of hydrogen-bond acceptors (Lipinski definition) is 3. The van der Waals surface area contributed by atoms with E-state index in [9.17, 15) is 0 Å². The number of hydrogen-bond donors (Lipinski definition) is 1. The lowest BCUT2D eigenvalue weighted by molar-refractivity contribution is 0.0697. The van der Waals surface area contributed by atoms with Crippen molar-refractivity contribution in [2.75, 3.05) is 19.8 Å². The number of ether oxygens (including phenoxy) is 2. The average molecular weight is 330 g/mol. The Morgan fingerprint density at radius 3 is 2.75 bits per heavy atom. The van der Waals surface area contributed by atoms with Gasteiger partial charge in [0.05, 0.1) is 24.6 Å². The van der Waals surface area contributed by atoms with E-state index in [0.717, 1.165) is 30.1 Å². The third-order valence-corrected chi connectivity index (χ3v) is 3.23. The van der Waals surface area contributed by atoms with Gasteiger partial charge in [-0.25, -0.2) is 4.98 Å². The van der Waals surface area contributed by atoms with Crippen LogP contribution >= 0.6 is 0 Å². The molecule has 24 heavy (non-hydrogen) atoms. The van der Waals surface area contributed by atoms with Crippen LogP contribution in [0, 0.1) is 6.92 Å². The van der Waals surface area contributed by atoms with E-state index in [0.29, 0.717) is 13.2 Å². The van der Waals surface area contributed by atoms with Crippen molar-refractivity contribution in [2.45, 2.75) is 40.2 Å². The summed E-state index contributed by atoms with van der Waals surface area (Å²) in [6.45, 7) is 10.1. The predicted molar refractivity (Wildman–Crippen MR) is 101 cm³/mol. The third kappa shape index (κ3) is 9.28. The Balaban J connectivity index is 2.39. The molecule has 1 rings (SSSR count). The van der Waals surface area contributed by atoms with Crippen LogP contribution in [0.1, 0.15) is 38.7 Å². The van der Waals surface area contributed by atoms with E-state index in [1.807, 2.05) is 52.1 Å². The Kier molecular flexibility index (Phi) is 10.5. The Morgan fingerprint density at radius 2 is 2.08 bits per heavy atom. The average Bonchev–Trinajstić information content (AvgIpc) is 2.97. The molecule has 0 aliphatic rings. The fourth-order valence-electron chi connectivity index (χ4n) is 2.02. The zero-order chi connectivity index (χ0) is 17.6. The molecule has 1 aromatic heterocycles. The quantitative estimate of drug-likeness (QED) is 0.366. The lowest BCUT2D eigenvalue weighted by atomic mass is 10.1. The number of H-pyrrole nitrogens is 1. The highest BCUT2D eigenvalue weighted by atomic mass is 16.5. The zero-order valence-electron chi connectivity index (χ0n) is 15.3. The summed E-state index contributed by atoms with van der Waals surface area (Å²) in [7, 11) is 0. The van der Waals surface area contributed by atoms with Crippen LogP contribution in [0.25, 0.3) is 6.08 Å². The molecular formula is C20H30N2O2. The summed E-state index contributed by atoms with van der Waals surface area (Å²) in [5.41, 5.74) is 2.10. The minimum atomic E-state index is 0.0673. The first-order chi connectivity index (χ1) is 11.7. The van der Waals surface area contributed by atoms with Gasteiger partial charge in [0.2, 0.25) is 0 Å². The molecule has 132 valence electrons. The molecule has 1 atom stereocenters.